The number of esters is 2. The van der Waals surface area contributed by atoms with Crippen LogP contribution in [-0.4, -0.2) is 30.8 Å². The van der Waals surface area contributed by atoms with Gasteiger partial charge in [-0.25, -0.2) is 9.59 Å². The van der Waals surface area contributed by atoms with Crippen molar-refractivity contribution in [3.8, 4) is 0 Å². The number of anilines is 2. The second-order valence-electron chi connectivity index (χ2n) is 8.27. The van der Waals surface area contributed by atoms with E-state index in [-0.39, 0.29) is 24.8 Å². The summed E-state index contributed by atoms with van der Waals surface area (Å²) in [7, 11) is 0. The second kappa shape index (κ2) is 12.6. The topological polar surface area (TPSA) is 114 Å². The molecule has 7 nitrogen and oxygen atoms in total. The molecule has 2 aromatic rings. The number of ether oxygens (including phenoxy) is 3. The first-order valence-electron chi connectivity index (χ1n) is 11.5. The summed E-state index contributed by atoms with van der Waals surface area (Å²) >= 11 is 0. The molecule has 180 valence electrons. The highest BCUT2D eigenvalue weighted by Crippen LogP contribution is 2.24. The minimum atomic E-state index is -0.496. The van der Waals surface area contributed by atoms with E-state index in [1.165, 1.54) is 6.08 Å². The Bertz CT molecular complexity index is 1010. The molecular formula is C27H32N2O5. The highest BCUT2D eigenvalue weighted by Gasteiger charge is 2.24. The van der Waals surface area contributed by atoms with Crippen molar-refractivity contribution in [2.45, 2.75) is 50.9 Å². The first kappa shape index (κ1) is 25.1. The molecule has 3 rings (SSSR count). The van der Waals surface area contributed by atoms with Gasteiger partial charge in [0.2, 0.25) is 0 Å². The lowest BCUT2D eigenvalue weighted by molar-refractivity contribution is -0.138. The van der Waals surface area contributed by atoms with E-state index in [0.717, 1.165) is 37.7 Å². The quantitative estimate of drug-likeness (QED) is 0.173. The molecular weight excluding hydrogens is 432 g/mol. The van der Waals surface area contributed by atoms with Crippen molar-refractivity contribution < 1.29 is 23.8 Å². The van der Waals surface area contributed by atoms with Gasteiger partial charge in [-0.15, -0.1) is 6.58 Å². The van der Waals surface area contributed by atoms with Crippen molar-refractivity contribution in [3.05, 3.63) is 77.9 Å². The molecule has 7 heteroatoms. The molecule has 0 spiro atoms. The smallest absolute Gasteiger partial charge is 0.338 e. The standard InChI is InChI=1S/C27H32N2O5/c1-2-3-16-32-23-11-13-24(14-12-23)34-27(31)20-7-4-19(5-8-20)6-15-26(30)33-18-21-9-10-22(28)17-25(21)29/h2,4-10,15,17,23-24H,1,3,11-14,16,18,28-29H2/b15-6+. The van der Waals surface area contributed by atoms with Crippen LogP contribution in [0.15, 0.2) is 61.2 Å². The van der Waals surface area contributed by atoms with Gasteiger partial charge in [-0.05, 0) is 68.0 Å². The van der Waals surface area contributed by atoms with E-state index in [4.69, 9.17) is 25.7 Å². The van der Waals surface area contributed by atoms with E-state index in [9.17, 15) is 9.59 Å². The number of benzene rings is 2. The first-order chi connectivity index (χ1) is 16.4. The Morgan fingerprint density at radius 2 is 1.71 bits per heavy atom. The maximum atomic E-state index is 12.5. The molecule has 0 unspecified atom stereocenters. The highest BCUT2D eigenvalue weighted by atomic mass is 16.5. The Balaban J connectivity index is 1.42. The van der Waals surface area contributed by atoms with Crippen LogP contribution >= 0.6 is 0 Å². The molecule has 0 bridgehead atoms. The highest BCUT2D eigenvalue weighted by molar-refractivity contribution is 5.90. The molecule has 1 saturated carbocycles. The van der Waals surface area contributed by atoms with Crippen LogP contribution in [0.3, 0.4) is 0 Å². The molecule has 0 heterocycles. The summed E-state index contributed by atoms with van der Waals surface area (Å²) in [6.07, 6.45) is 9.17. The fourth-order valence-electron chi connectivity index (χ4n) is 3.69. The third-order valence-corrected chi connectivity index (χ3v) is 5.67. The summed E-state index contributed by atoms with van der Waals surface area (Å²) in [5.41, 5.74) is 14.5. The Kier molecular flexibility index (Phi) is 9.29. The maximum Gasteiger partial charge on any atom is 0.338 e. The third-order valence-electron chi connectivity index (χ3n) is 5.67. The summed E-state index contributed by atoms with van der Waals surface area (Å²) in [5, 5.41) is 0. The Labute approximate surface area is 200 Å². The molecule has 0 amide bonds. The van der Waals surface area contributed by atoms with Gasteiger partial charge in [-0.1, -0.05) is 24.3 Å². The van der Waals surface area contributed by atoms with Crippen molar-refractivity contribution in [1.82, 2.24) is 0 Å². The van der Waals surface area contributed by atoms with Crippen molar-refractivity contribution in [3.63, 3.8) is 0 Å². The molecule has 0 aliphatic heterocycles. The van der Waals surface area contributed by atoms with E-state index >= 15 is 0 Å². The van der Waals surface area contributed by atoms with Gasteiger partial charge in [0.1, 0.15) is 12.7 Å². The normalized spacial score (nSPS) is 17.9. The molecule has 1 aliphatic carbocycles. The minimum Gasteiger partial charge on any atom is -0.459 e. The third kappa shape index (κ3) is 7.78. The van der Waals surface area contributed by atoms with Crippen LogP contribution in [0.2, 0.25) is 0 Å². The van der Waals surface area contributed by atoms with E-state index < -0.39 is 5.97 Å². The van der Waals surface area contributed by atoms with Gasteiger partial charge in [0.15, 0.2) is 0 Å². The summed E-state index contributed by atoms with van der Waals surface area (Å²) in [4.78, 5) is 24.5. The molecule has 0 atom stereocenters. The van der Waals surface area contributed by atoms with Crippen LogP contribution in [0, 0.1) is 0 Å². The minimum absolute atomic E-state index is 0.0585. The largest absolute Gasteiger partial charge is 0.459 e. The lowest BCUT2D eigenvalue weighted by Gasteiger charge is -2.28. The lowest BCUT2D eigenvalue weighted by atomic mass is 9.95. The van der Waals surface area contributed by atoms with Crippen molar-refractivity contribution in [2.24, 2.45) is 0 Å². The lowest BCUT2D eigenvalue weighted by Crippen LogP contribution is -2.28. The summed E-state index contributed by atoms with van der Waals surface area (Å²) in [5.74, 6) is -0.837. The maximum absolute atomic E-state index is 12.5. The SMILES string of the molecule is C=CCCOC1CCC(OC(=O)c2ccc(/C=C/C(=O)OCc3ccc(N)cc3N)cc2)CC1. The van der Waals surface area contributed by atoms with Crippen molar-refractivity contribution >= 4 is 29.4 Å². The number of hydrogen-bond donors (Lipinski definition) is 2. The summed E-state index contributed by atoms with van der Waals surface area (Å²) in [6.45, 7) is 4.44. The average molecular weight is 465 g/mol. The molecule has 34 heavy (non-hydrogen) atoms. The van der Waals surface area contributed by atoms with Gasteiger partial charge in [-0.2, -0.15) is 0 Å². The van der Waals surface area contributed by atoms with Gasteiger partial charge < -0.3 is 25.7 Å². The van der Waals surface area contributed by atoms with E-state index in [0.29, 0.717) is 29.1 Å². The summed E-state index contributed by atoms with van der Waals surface area (Å²) < 4.78 is 16.7. The van der Waals surface area contributed by atoms with Crippen LogP contribution in [0.1, 0.15) is 53.6 Å². The number of nitrogens with two attached hydrogens (primary N) is 2. The number of carbonyl (C=O) groups is 2. The summed E-state index contributed by atoms with van der Waals surface area (Å²) in [6, 6.07) is 11.9. The van der Waals surface area contributed by atoms with Gasteiger partial charge in [0, 0.05) is 23.0 Å². The zero-order valence-corrected chi connectivity index (χ0v) is 19.3. The molecule has 0 radical (unpaired) electrons. The molecule has 2 aromatic carbocycles. The molecule has 1 fully saturated rings. The van der Waals surface area contributed by atoms with E-state index in [1.54, 1.807) is 48.5 Å². The zero-order valence-electron chi connectivity index (χ0n) is 19.3. The molecule has 0 saturated heterocycles. The van der Waals surface area contributed by atoms with E-state index in [2.05, 4.69) is 6.58 Å². The Morgan fingerprint density at radius 1 is 1.00 bits per heavy atom. The Hall–Kier alpha value is -3.58. The number of carbonyl (C=O) groups excluding carboxylic acids is 2. The van der Waals surface area contributed by atoms with Crippen LogP contribution in [-0.2, 0) is 25.6 Å². The van der Waals surface area contributed by atoms with Gasteiger partial charge in [0.05, 0.1) is 18.3 Å². The van der Waals surface area contributed by atoms with Crippen LogP contribution in [0.4, 0.5) is 11.4 Å². The van der Waals surface area contributed by atoms with Crippen LogP contribution < -0.4 is 11.5 Å². The number of rotatable bonds is 10. The van der Waals surface area contributed by atoms with Gasteiger partial charge >= 0.3 is 11.9 Å². The monoisotopic (exact) mass is 464 g/mol. The van der Waals surface area contributed by atoms with E-state index in [1.807, 2.05) is 6.08 Å². The first-order valence-corrected chi connectivity index (χ1v) is 11.5. The predicted octanol–water partition coefficient (Wildman–Crippen LogP) is 4.67. The molecule has 4 N–H and O–H groups in total. The van der Waals surface area contributed by atoms with Crippen molar-refractivity contribution in [2.75, 3.05) is 18.1 Å². The average Bonchev–Trinajstić information content (AvgIpc) is 2.84. The van der Waals surface area contributed by atoms with Crippen molar-refractivity contribution in [1.29, 1.82) is 0 Å². The molecule has 0 aromatic heterocycles. The van der Waals surface area contributed by atoms with Crippen LogP contribution in [0.25, 0.3) is 6.08 Å². The van der Waals surface area contributed by atoms with Gasteiger partial charge in [0.25, 0.3) is 0 Å². The predicted molar refractivity (Wildman–Crippen MR) is 133 cm³/mol. The molecule has 1 aliphatic rings. The fourth-order valence-corrected chi connectivity index (χ4v) is 3.69. The second-order valence-corrected chi connectivity index (χ2v) is 8.27. The van der Waals surface area contributed by atoms with Gasteiger partial charge in [-0.3, -0.25) is 0 Å². The number of hydrogen-bond acceptors (Lipinski definition) is 7. The fraction of sp³-hybridized carbons (Fsp3) is 0.333. The van der Waals surface area contributed by atoms with Crippen LogP contribution in [0.5, 0.6) is 0 Å². The zero-order chi connectivity index (χ0) is 24.3. The Morgan fingerprint density at radius 3 is 2.38 bits per heavy atom. The number of nitrogen functional groups attached to an aromatic ring is 2.